The molecule has 0 aromatic heterocycles. The fourth-order valence-electron chi connectivity index (χ4n) is 5.04. The number of hydrogen-bond donors (Lipinski definition) is 1. The van der Waals surface area contributed by atoms with Gasteiger partial charge in [-0.15, -0.1) is 0 Å². The first-order valence-corrected chi connectivity index (χ1v) is 14.9. The van der Waals surface area contributed by atoms with Crippen molar-refractivity contribution in [3.05, 3.63) is 77.9 Å². The van der Waals surface area contributed by atoms with Crippen LogP contribution in [0.5, 0.6) is 11.5 Å². The number of nitrogens with zero attached hydrogens (tertiary/aromatic N) is 2. The van der Waals surface area contributed by atoms with E-state index in [4.69, 9.17) is 9.47 Å². The molecule has 210 valence electrons. The molecule has 40 heavy (non-hydrogen) atoms. The van der Waals surface area contributed by atoms with Gasteiger partial charge in [-0.3, -0.25) is 9.59 Å². The van der Waals surface area contributed by atoms with Gasteiger partial charge >= 0.3 is 0 Å². The molecule has 0 bridgehead atoms. The topological polar surface area (TPSA) is 105 Å². The zero-order valence-corrected chi connectivity index (χ0v) is 23.3. The van der Waals surface area contributed by atoms with Crippen LogP contribution >= 0.6 is 0 Å². The van der Waals surface area contributed by atoms with E-state index in [1.807, 2.05) is 6.07 Å². The number of carbonyl (C=O) groups excluding carboxylic acids is 2. The van der Waals surface area contributed by atoms with Crippen LogP contribution in [0.1, 0.15) is 41.6 Å². The van der Waals surface area contributed by atoms with Crippen LogP contribution in [0.3, 0.4) is 0 Å². The van der Waals surface area contributed by atoms with E-state index in [-0.39, 0.29) is 23.3 Å². The quantitative estimate of drug-likeness (QED) is 0.433. The van der Waals surface area contributed by atoms with Crippen LogP contribution in [0.15, 0.2) is 71.6 Å². The summed E-state index contributed by atoms with van der Waals surface area (Å²) in [6.45, 7) is 1.39. The van der Waals surface area contributed by atoms with Crippen molar-refractivity contribution >= 4 is 33.2 Å². The molecule has 3 aromatic rings. The zero-order chi connectivity index (χ0) is 28.1. The van der Waals surface area contributed by atoms with Crippen LogP contribution in [0.4, 0.5) is 11.4 Å². The molecule has 1 N–H and O–H groups in total. The van der Waals surface area contributed by atoms with Crippen molar-refractivity contribution in [1.82, 2.24) is 4.31 Å². The van der Waals surface area contributed by atoms with Crippen LogP contribution in [-0.2, 0) is 21.2 Å². The standard InChI is InChI=1S/C30H33N3O6S/c1-38-25-10-7-23(8-11-25)30(35)33-19-16-22-6-9-24(20-28(22)33)31-29(34)21-39-26-12-14-27(15-13-26)40(36,37)32-17-4-2-3-5-18-32/h6-15,20H,2-5,16-19,21H2,1H3,(H,31,34). The van der Waals surface area contributed by atoms with Gasteiger partial charge in [-0.2, -0.15) is 4.31 Å². The van der Waals surface area contributed by atoms with Crippen molar-refractivity contribution in [1.29, 1.82) is 0 Å². The second kappa shape index (κ2) is 12.1. The average molecular weight is 564 g/mol. The predicted octanol–water partition coefficient (Wildman–Crippen LogP) is 4.48. The van der Waals surface area contributed by atoms with Gasteiger partial charge in [0.1, 0.15) is 11.5 Å². The first-order chi connectivity index (χ1) is 19.3. The van der Waals surface area contributed by atoms with E-state index in [0.29, 0.717) is 42.4 Å². The van der Waals surface area contributed by atoms with E-state index in [0.717, 1.165) is 43.4 Å². The lowest BCUT2D eigenvalue weighted by atomic mass is 10.1. The minimum Gasteiger partial charge on any atom is -0.497 e. The van der Waals surface area contributed by atoms with Crippen molar-refractivity contribution < 1.29 is 27.5 Å². The van der Waals surface area contributed by atoms with Gasteiger partial charge in [0.05, 0.1) is 12.0 Å². The number of benzene rings is 3. The molecule has 0 aliphatic carbocycles. The zero-order valence-electron chi connectivity index (χ0n) is 22.5. The normalized spacial score (nSPS) is 15.7. The first-order valence-electron chi connectivity index (χ1n) is 13.5. The Labute approximate surface area is 234 Å². The number of ether oxygens (including phenoxy) is 2. The van der Waals surface area contributed by atoms with E-state index in [1.165, 1.54) is 12.1 Å². The Balaban J connectivity index is 1.18. The van der Waals surface area contributed by atoms with Gasteiger partial charge in [-0.05, 0) is 85.5 Å². The highest BCUT2D eigenvalue weighted by Gasteiger charge is 2.27. The third-order valence-electron chi connectivity index (χ3n) is 7.24. The van der Waals surface area contributed by atoms with E-state index < -0.39 is 10.0 Å². The minimum atomic E-state index is -3.55. The Morgan fingerprint density at radius 3 is 2.20 bits per heavy atom. The number of fused-ring (bicyclic) bond motifs is 1. The highest BCUT2D eigenvalue weighted by molar-refractivity contribution is 7.89. The monoisotopic (exact) mass is 563 g/mol. The molecule has 1 fully saturated rings. The molecular weight excluding hydrogens is 530 g/mol. The summed E-state index contributed by atoms with van der Waals surface area (Å²) in [4.78, 5) is 27.7. The highest BCUT2D eigenvalue weighted by Crippen LogP contribution is 2.32. The summed E-state index contributed by atoms with van der Waals surface area (Å²) < 4.78 is 38.3. The van der Waals surface area contributed by atoms with Crippen LogP contribution in [-0.4, -0.2) is 57.9 Å². The number of rotatable bonds is 8. The van der Waals surface area contributed by atoms with Gasteiger partial charge in [0.2, 0.25) is 10.0 Å². The first kappa shape index (κ1) is 27.7. The Hall–Kier alpha value is -3.89. The molecule has 0 spiro atoms. The van der Waals surface area contributed by atoms with Crippen molar-refractivity contribution in [3.63, 3.8) is 0 Å². The van der Waals surface area contributed by atoms with E-state index in [1.54, 1.807) is 64.8 Å². The van der Waals surface area contributed by atoms with Gasteiger partial charge in [-0.1, -0.05) is 18.9 Å². The Bertz CT molecular complexity index is 1460. The van der Waals surface area contributed by atoms with Gasteiger partial charge in [0, 0.05) is 36.6 Å². The summed E-state index contributed by atoms with van der Waals surface area (Å²) in [5.41, 5.74) is 2.91. The molecule has 0 radical (unpaired) electrons. The van der Waals surface area contributed by atoms with Gasteiger partial charge in [0.15, 0.2) is 6.61 Å². The lowest BCUT2D eigenvalue weighted by Crippen LogP contribution is -2.31. The molecule has 5 rings (SSSR count). The summed E-state index contributed by atoms with van der Waals surface area (Å²) in [7, 11) is -1.97. The highest BCUT2D eigenvalue weighted by atomic mass is 32.2. The molecule has 0 saturated carbocycles. The lowest BCUT2D eigenvalue weighted by molar-refractivity contribution is -0.118. The fraction of sp³-hybridized carbons (Fsp3) is 0.333. The molecule has 9 nitrogen and oxygen atoms in total. The van der Waals surface area contributed by atoms with Gasteiger partial charge < -0.3 is 19.7 Å². The van der Waals surface area contributed by atoms with Crippen molar-refractivity contribution in [2.45, 2.75) is 37.0 Å². The molecule has 0 unspecified atom stereocenters. The second-order valence-corrected chi connectivity index (χ2v) is 11.8. The number of sulfonamides is 1. The molecule has 1 saturated heterocycles. The number of amides is 2. The third-order valence-corrected chi connectivity index (χ3v) is 9.16. The van der Waals surface area contributed by atoms with E-state index in [9.17, 15) is 18.0 Å². The Morgan fingerprint density at radius 2 is 1.52 bits per heavy atom. The van der Waals surface area contributed by atoms with E-state index in [2.05, 4.69) is 5.32 Å². The molecule has 2 heterocycles. The van der Waals surface area contributed by atoms with Crippen LogP contribution in [0.25, 0.3) is 0 Å². The number of anilines is 2. The summed E-state index contributed by atoms with van der Waals surface area (Å²) in [6, 6.07) is 18.7. The Morgan fingerprint density at radius 1 is 0.850 bits per heavy atom. The minimum absolute atomic E-state index is 0.116. The number of hydrogen-bond acceptors (Lipinski definition) is 6. The molecule has 10 heteroatoms. The van der Waals surface area contributed by atoms with Crippen molar-refractivity contribution in [3.8, 4) is 11.5 Å². The molecule has 2 aliphatic rings. The summed E-state index contributed by atoms with van der Waals surface area (Å²) >= 11 is 0. The SMILES string of the molecule is COc1ccc(C(=O)N2CCc3ccc(NC(=O)COc4ccc(S(=O)(=O)N5CCCCCC5)cc4)cc32)cc1. The molecule has 2 amide bonds. The molecular formula is C30H33N3O6S. The average Bonchev–Trinajstić information content (AvgIpc) is 3.19. The van der Waals surface area contributed by atoms with Gasteiger partial charge in [0.25, 0.3) is 11.8 Å². The predicted molar refractivity (Wildman–Crippen MR) is 153 cm³/mol. The summed E-state index contributed by atoms with van der Waals surface area (Å²) in [5, 5.41) is 2.82. The van der Waals surface area contributed by atoms with Crippen molar-refractivity contribution in [2.24, 2.45) is 0 Å². The number of methoxy groups -OCH3 is 1. The number of carbonyl (C=O) groups is 2. The summed E-state index contributed by atoms with van der Waals surface area (Å²) in [6.07, 6.45) is 4.57. The van der Waals surface area contributed by atoms with Crippen LogP contribution in [0, 0.1) is 0 Å². The molecule has 3 aromatic carbocycles. The summed E-state index contributed by atoms with van der Waals surface area (Å²) in [5.74, 6) is 0.594. The van der Waals surface area contributed by atoms with Crippen molar-refractivity contribution in [2.75, 3.05) is 43.6 Å². The maximum atomic E-state index is 13.1. The number of nitrogens with one attached hydrogen (secondary N) is 1. The third kappa shape index (κ3) is 6.13. The van der Waals surface area contributed by atoms with Gasteiger partial charge in [-0.25, -0.2) is 8.42 Å². The lowest BCUT2D eigenvalue weighted by Gasteiger charge is -2.20. The molecule has 2 aliphatic heterocycles. The molecule has 0 atom stereocenters. The second-order valence-electron chi connectivity index (χ2n) is 9.91. The van der Waals surface area contributed by atoms with E-state index >= 15 is 0 Å². The maximum Gasteiger partial charge on any atom is 0.262 e. The fourth-order valence-corrected chi connectivity index (χ4v) is 6.56. The van der Waals surface area contributed by atoms with Crippen LogP contribution in [0.2, 0.25) is 0 Å². The Kier molecular flexibility index (Phi) is 8.37. The largest absolute Gasteiger partial charge is 0.497 e. The maximum absolute atomic E-state index is 13.1. The van der Waals surface area contributed by atoms with Crippen LogP contribution < -0.4 is 19.7 Å². The smallest absolute Gasteiger partial charge is 0.262 e.